The lowest BCUT2D eigenvalue weighted by atomic mass is 9.47. The maximum absolute atomic E-state index is 13.3. The van der Waals surface area contributed by atoms with Crippen LogP contribution in [0.15, 0.2) is 12.2 Å². The lowest BCUT2D eigenvalue weighted by molar-refractivity contribution is -0.139. The van der Waals surface area contributed by atoms with E-state index in [-0.39, 0.29) is 11.3 Å². The summed E-state index contributed by atoms with van der Waals surface area (Å²) in [5.74, 6) is 6.14. The molecule has 1 aliphatic heterocycles. The second-order valence-electron chi connectivity index (χ2n) is 15.3. The molecule has 8 rings (SSSR count). The lowest BCUT2D eigenvalue weighted by Gasteiger charge is -2.60. The quantitative estimate of drug-likeness (QED) is 0.526. The van der Waals surface area contributed by atoms with Crippen LogP contribution in [0, 0.1) is 57.7 Å². The molecule has 0 radical (unpaired) electrons. The minimum atomic E-state index is 0.122. The van der Waals surface area contributed by atoms with Gasteiger partial charge in [0.25, 0.3) is 0 Å². The van der Waals surface area contributed by atoms with E-state index in [1.165, 1.54) is 70.6 Å². The largest absolute Gasteiger partial charge is 0.356 e. The van der Waals surface area contributed by atoms with Gasteiger partial charge < -0.3 is 10.2 Å². The molecule has 4 nitrogen and oxygen atoms in total. The highest BCUT2D eigenvalue weighted by Gasteiger charge is 2.60. The van der Waals surface area contributed by atoms with Crippen molar-refractivity contribution in [1.82, 2.24) is 10.2 Å². The fourth-order valence-corrected chi connectivity index (χ4v) is 12.3. The summed E-state index contributed by atoms with van der Waals surface area (Å²) in [6.07, 6.45) is 20.8. The van der Waals surface area contributed by atoms with Gasteiger partial charge in [0.2, 0.25) is 11.8 Å². The number of fused-ring (bicyclic) bond motifs is 5. The molecule has 0 unspecified atom stereocenters. The molecule has 0 saturated heterocycles. The van der Waals surface area contributed by atoms with Gasteiger partial charge >= 0.3 is 0 Å². The van der Waals surface area contributed by atoms with E-state index < -0.39 is 0 Å². The Balaban J connectivity index is 1.01. The van der Waals surface area contributed by atoms with Crippen molar-refractivity contribution in [3.8, 4) is 0 Å². The number of carbonyl (C=O) groups is 2. The van der Waals surface area contributed by atoms with Crippen LogP contribution in [-0.4, -0.2) is 36.3 Å². The molecule has 1 heterocycles. The van der Waals surface area contributed by atoms with Gasteiger partial charge in [0.1, 0.15) is 0 Å². The van der Waals surface area contributed by atoms with E-state index >= 15 is 0 Å². The Labute approximate surface area is 218 Å². The topological polar surface area (TPSA) is 49.4 Å². The highest BCUT2D eigenvalue weighted by molar-refractivity contribution is 5.89. The van der Waals surface area contributed by atoms with Gasteiger partial charge in [-0.2, -0.15) is 0 Å². The van der Waals surface area contributed by atoms with Gasteiger partial charge in [-0.3, -0.25) is 9.59 Å². The molecule has 2 amide bonds. The van der Waals surface area contributed by atoms with E-state index in [1.54, 1.807) is 0 Å². The van der Waals surface area contributed by atoms with Crippen LogP contribution in [0.3, 0.4) is 0 Å². The standard InChI is InChI=1S/C32H48N2O2/c1-30-10-8-26-24(5-7-27-31(26,2)11-9-29(36)34(27)3)25(30)6-4-23(30)19-33-28(35)18-32-15-20-12-21(16-32)14-22(13-20)17-32/h9,11,20-27H,4-8,10,12-19H2,1-3H3,(H,33,35)/t20?,21?,22?,23-,24+,25+,26+,27-,30-,31-,32?/m1/s1. The summed E-state index contributed by atoms with van der Waals surface area (Å²) in [5.41, 5.74) is 0.824. The number of hydrogen-bond donors (Lipinski definition) is 1. The summed E-state index contributed by atoms with van der Waals surface area (Å²) in [6, 6.07) is 0.363. The number of nitrogens with one attached hydrogen (secondary N) is 1. The second-order valence-corrected chi connectivity index (χ2v) is 15.3. The van der Waals surface area contributed by atoms with E-state index in [2.05, 4.69) is 25.2 Å². The molecule has 7 aliphatic carbocycles. The minimum absolute atomic E-state index is 0.122. The van der Waals surface area contributed by atoms with Gasteiger partial charge in [-0.1, -0.05) is 19.9 Å². The van der Waals surface area contributed by atoms with Gasteiger partial charge in [0.05, 0.1) is 0 Å². The van der Waals surface area contributed by atoms with Crippen LogP contribution in [0.5, 0.6) is 0 Å². The van der Waals surface area contributed by atoms with Crippen molar-refractivity contribution < 1.29 is 9.59 Å². The second kappa shape index (κ2) is 8.09. The van der Waals surface area contributed by atoms with Crippen molar-refractivity contribution >= 4 is 11.8 Å². The molecule has 4 heteroatoms. The summed E-state index contributed by atoms with van der Waals surface area (Å²) in [4.78, 5) is 27.7. The van der Waals surface area contributed by atoms with Crippen LogP contribution in [0.4, 0.5) is 0 Å². The molecule has 0 spiro atoms. The van der Waals surface area contributed by atoms with E-state index in [0.29, 0.717) is 34.6 Å². The molecular formula is C32H48N2O2. The fraction of sp³-hybridized carbons (Fsp3) is 0.875. The number of hydrogen-bond acceptors (Lipinski definition) is 2. The average molecular weight is 493 g/mol. The predicted molar refractivity (Wildman–Crippen MR) is 142 cm³/mol. The van der Waals surface area contributed by atoms with Crippen molar-refractivity contribution in [3.63, 3.8) is 0 Å². The molecule has 4 bridgehead atoms. The number of nitrogens with zero attached hydrogens (tertiary/aromatic N) is 1. The first-order valence-electron chi connectivity index (χ1n) is 15.4. The zero-order chi connectivity index (χ0) is 24.9. The van der Waals surface area contributed by atoms with Crippen LogP contribution >= 0.6 is 0 Å². The zero-order valence-electron chi connectivity index (χ0n) is 22.9. The zero-order valence-corrected chi connectivity index (χ0v) is 22.9. The minimum Gasteiger partial charge on any atom is -0.356 e. The first kappa shape index (κ1) is 23.8. The molecule has 7 atom stereocenters. The molecule has 8 aliphatic rings. The van der Waals surface area contributed by atoms with Crippen LogP contribution < -0.4 is 5.32 Å². The first-order valence-corrected chi connectivity index (χ1v) is 15.4. The van der Waals surface area contributed by atoms with E-state index in [1.807, 2.05) is 18.0 Å². The van der Waals surface area contributed by atoms with Crippen molar-refractivity contribution in [2.75, 3.05) is 13.6 Å². The average Bonchev–Trinajstić information content (AvgIpc) is 3.15. The molecule has 0 aromatic heterocycles. The van der Waals surface area contributed by atoms with Gasteiger partial charge in [-0.05, 0) is 135 Å². The summed E-state index contributed by atoms with van der Waals surface area (Å²) >= 11 is 0. The normalized spacial score (nSPS) is 52.6. The molecule has 1 N–H and O–H groups in total. The molecule has 0 aromatic carbocycles. The van der Waals surface area contributed by atoms with Gasteiger partial charge in [0, 0.05) is 31.5 Å². The summed E-state index contributed by atoms with van der Waals surface area (Å²) in [6.45, 7) is 5.90. The van der Waals surface area contributed by atoms with Crippen molar-refractivity contribution in [2.24, 2.45) is 57.7 Å². The van der Waals surface area contributed by atoms with Crippen molar-refractivity contribution in [3.05, 3.63) is 12.2 Å². The Morgan fingerprint density at radius 2 is 1.67 bits per heavy atom. The van der Waals surface area contributed by atoms with Crippen LogP contribution in [0.25, 0.3) is 0 Å². The molecule has 7 fully saturated rings. The number of rotatable bonds is 4. The fourth-order valence-electron chi connectivity index (χ4n) is 12.3. The van der Waals surface area contributed by atoms with Crippen molar-refractivity contribution in [1.29, 1.82) is 0 Å². The van der Waals surface area contributed by atoms with Gasteiger partial charge in [-0.25, -0.2) is 0 Å². The third kappa shape index (κ3) is 3.44. The maximum Gasteiger partial charge on any atom is 0.246 e. The smallest absolute Gasteiger partial charge is 0.246 e. The van der Waals surface area contributed by atoms with Crippen LogP contribution in [-0.2, 0) is 9.59 Å². The summed E-state index contributed by atoms with van der Waals surface area (Å²) < 4.78 is 0. The Bertz CT molecular complexity index is 936. The number of likely N-dealkylation sites (N-methyl/N-ethyl adjacent to an activating group) is 1. The highest BCUT2D eigenvalue weighted by Crippen LogP contribution is 2.65. The SMILES string of the molecule is CN1C(=O)C=C[C@]2(C)[C@H]3CC[C@]4(C)[C@@H](CNC(=O)CC56CC7CC(CC(C7)C5)C6)CC[C@H]4[C@@H]3CC[C@@H]12. The Kier molecular flexibility index (Phi) is 5.34. The lowest BCUT2D eigenvalue weighted by Crippen LogP contribution is -2.59. The maximum atomic E-state index is 13.3. The Hall–Kier alpha value is -1.32. The third-order valence-corrected chi connectivity index (χ3v) is 13.6. The Morgan fingerprint density at radius 3 is 2.36 bits per heavy atom. The van der Waals surface area contributed by atoms with Crippen LogP contribution in [0.1, 0.15) is 97.3 Å². The van der Waals surface area contributed by atoms with Crippen molar-refractivity contribution in [2.45, 2.75) is 103 Å². The van der Waals surface area contributed by atoms with Gasteiger partial charge in [0.15, 0.2) is 0 Å². The predicted octanol–water partition coefficient (Wildman–Crippen LogP) is 5.96. The van der Waals surface area contributed by atoms with E-state index in [0.717, 1.165) is 49.0 Å². The van der Waals surface area contributed by atoms with E-state index in [9.17, 15) is 9.59 Å². The molecule has 36 heavy (non-hydrogen) atoms. The summed E-state index contributed by atoms with van der Waals surface area (Å²) in [5, 5.41) is 3.50. The highest BCUT2D eigenvalue weighted by atomic mass is 16.2. The monoisotopic (exact) mass is 492 g/mol. The van der Waals surface area contributed by atoms with Crippen LogP contribution in [0.2, 0.25) is 0 Å². The molecular weight excluding hydrogens is 444 g/mol. The molecule has 198 valence electrons. The third-order valence-electron chi connectivity index (χ3n) is 13.6. The molecule has 7 saturated carbocycles. The molecule has 0 aromatic rings. The van der Waals surface area contributed by atoms with E-state index in [4.69, 9.17) is 0 Å². The number of carbonyl (C=O) groups excluding carboxylic acids is 2. The summed E-state index contributed by atoms with van der Waals surface area (Å²) in [7, 11) is 2.01. The first-order chi connectivity index (χ1) is 17.2. The number of amides is 2. The Morgan fingerprint density at radius 1 is 0.972 bits per heavy atom. The van der Waals surface area contributed by atoms with Gasteiger partial charge in [-0.15, -0.1) is 0 Å².